The number of aromatic nitrogens is 2. The van der Waals surface area contributed by atoms with E-state index in [0.29, 0.717) is 5.69 Å². The van der Waals surface area contributed by atoms with Crippen LogP contribution in [-0.4, -0.2) is 9.78 Å². The van der Waals surface area contributed by atoms with Crippen molar-refractivity contribution in [2.45, 2.75) is 26.7 Å². The molecule has 0 atom stereocenters. The summed E-state index contributed by atoms with van der Waals surface area (Å²) >= 11 is 0. The third-order valence-electron chi connectivity index (χ3n) is 4.34. The van der Waals surface area contributed by atoms with Gasteiger partial charge in [0.1, 0.15) is 17.7 Å². The van der Waals surface area contributed by atoms with E-state index >= 15 is 0 Å². The highest BCUT2D eigenvalue weighted by Crippen LogP contribution is 2.21. The van der Waals surface area contributed by atoms with Gasteiger partial charge in [0.05, 0.1) is 16.9 Å². The Hall–Kier alpha value is -3.00. The van der Waals surface area contributed by atoms with Gasteiger partial charge < -0.3 is 0 Å². The first-order valence-electron chi connectivity index (χ1n) is 7.99. The fourth-order valence-corrected chi connectivity index (χ4v) is 2.94. The summed E-state index contributed by atoms with van der Waals surface area (Å²) in [5.41, 5.74) is 4.56. The van der Waals surface area contributed by atoms with Crippen LogP contribution in [0.4, 0.5) is 8.78 Å². The molecule has 0 radical (unpaired) electrons. The number of benzene rings is 2. The molecular formula is C20H17F2N3. The van der Waals surface area contributed by atoms with Crippen molar-refractivity contribution < 1.29 is 8.78 Å². The molecule has 0 N–H and O–H groups in total. The van der Waals surface area contributed by atoms with Gasteiger partial charge >= 0.3 is 0 Å². The molecule has 0 aliphatic rings. The first-order chi connectivity index (χ1) is 12.0. The fraction of sp³-hybridized carbons (Fsp3) is 0.200. The van der Waals surface area contributed by atoms with Gasteiger partial charge in [-0.05, 0) is 62.1 Å². The number of halogens is 2. The average Bonchev–Trinajstić information content (AvgIpc) is 2.89. The van der Waals surface area contributed by atoms with Crippen LogP contribution in [0, 0.1) is 36.8 Å². The lowest BCUT2D eigenvalue weighted by atomic mass is 10.0. The molecule has 0 bridgehead atoms. The quantitative estimate of drug-likeness (QED) is 0.707. The van der Waals surface area contributed by atoms with Crippen molar-refractivity contribution >= 4 is 0 Å². The van der Waals surface area contributed by atoms with Crippen molar-refractivity contribution in [2.24, 2.45) is 0 Å². The second-order valence-electron chi connectivity index (χ2n) is 5.96. The van der Waals surface area contributed by atoms with Gasteiger partial charge in [0.15, 0.2) is 0 Å². The third-order valence-corrected chi connectivity index (χ3v) is 4.34. The van der Waals surface area contributed by atoms with Crippen molar-refractivity contribution in [3.05, 3.63) is 82.2 Å². The molecule has 0 spiro atoms. The monoisotopic (exact) mass is 337 g/mol. The molecule has 1 aromatic heterocycles. The van der Waals surface area contributed by atoms with E-state index in [9.17, 15) is 8.78 Å². The van der Waals surface area contributed by atoms with Crippen molar-refractivity contribution in [3.8, 4) is 11.8 Å². The minimum atomic E-state index is -0.555. The van der Waals surface area contributed by atoms with Crippen molar-refractivity contribution in [2.75, 3.05) is 0 Å². The molecule has 25 heavy (non-hydrogen) atoms. The zero-order valence-electron chi connectivity index (χ0n) is 14.1. The Morgan fingerprint density at radius 1 is 1.04 bits per heavy atom. The molecule has 3 nitrogen and oxygen atoms in total. The zero-order chi connectivity index (χ0) is 18.0. The van der Waals surface area contributed by atoms with Crippen LogP contribution in [0.25, 0.3) is 5.69 Å². The summed E-state index contributed by atoms with van der Waals surface area (Å²) in [6, 6.07) is 12.7. The van der Waals surface area contributed by atoms with Crippen molar-refractivity contribution in [3.63, 3.8) is 0 Å². The minimum Gasteiger partial charge on any atom is -0.237 e. The Morgan fingerprint density at radius 3 is 2.40 bits per heavy atom. The maximum absolute atomic E-state index is 13.9. The number of rotatable bonds is 4. The molecule has 0 saturated carbocycles. The number of hydrogen-bond acceptors (Lipinski definition) is 2. The van der Waals surface area contributed by atoms with Crippen LogP contribution >= 0.6 is 0 Å². The van der Waals surface area contributed by atoms with Gasteiger partial charge in [-0.3, -0.25) is 0 Å². The van der Waals surface area contributed by atoms with Crippen LogP contribution < -0.4 is 0 Å². The summed E-state index contributed by atoms with van der Waals surface area (Å²) in [4.78, 5) is 0. The van der Waals surface area contributed by atoms with Gasteiger partial charge in [0.25, 0.3) is 0 Å². The van der Waals surface area contributed by atoms with Crippen LogP contribution in [0.5, 0.6) is 0 Å². The molecular weight excluding hydrogens is 320 g/mol. The Morgan fingerprint density at radius 2 is 1.76 bits per heavy atom. The summed E-state index contributed by atoms with van der Waals surface area (Å²) in [6.07, 6.45) is 1.54. The molecule has 0 saturated heterocycles. The Bertz CT molecular complexity index is 950. The van der Waals surface area contributed by atoms with Gasteiger partial charge in [-0.15, -0.1) is 0 Å². The zero-order valence-corrected chi connectivity index (χ0v) is 14.1. The number of hydrogen-bond donors (Lipinski definition) is 0. The Balaban J connectivity index is 1.87. The maximum Gasteiger partial charge on any atom is 0.143 e. The highest BCUT2D eigenvalue weighted by Gasteiger charge is 2.14. The van der Waals surface area contributed by atoms with Crippen LogP contribution in [0.3, 0.4) is 0 Å². The van der Waals surface area contributed by atoms with Crippen LogP contribution in [-0.2, 0) is 12.8 Å². The molecule has 0 unspecified atom stereocenters. The lowest BCUT2D eigenvalue weighted by Crippen LogP contribution is -2.01. The van der Waals surface area contributed by atoms with E-state index in [1.54, 1.807) is 22.9 Å². The Kier molecular flexibility index (Phi) is 4.62. The second kappa shape index (κ2) is 6.86. The van der Waals surface area contributed by atoms with Gasteiger partial charge in [0.2, 0.25) is 0 Å². The minimum absolute atomic E-state index is 0.0156. The predicted octanol–water partition coefficient (Wildman–Crippen LogP) is 4.42. The topological polar surface area (TPSA) is 41.6 Å². The summed E-state index contributed by atoms with van der Waals surface area (Å²) in [7, 11) is 0. The van der Waals surface area contributed by atoms with Crippen LogP contribution in [0.15, 0.2) is 42.5 Å². The highest BCUT2D eigenvalue weighted by molar-refractivity contribution is 5.43. The lowest BCUT2D eigenvalue weighted by Gasteiger charge is -2.07. The van der Waals surface area contributed by atoms with E-state index in [2.05, 4.69) is 5.10 Å². The summed E-state index contributed by atoms with van der Waals surface area (Å²) < 4.78 is 28.6. The van der Waals surface area contributed by atoms with E-state index in [1.165, 1.54) is 24.3 Å². The average molecular weight is 337 g/mol. The van der Waals surface area contributed by atoms with Crippen molar-refractivity contribution in [1.82, 2.24) is 9.78 Å². The number of aryl methyl sites for hydroxylation is 2. The molecule has 0 fully saturated rings. The van der Waals surface area contributed by atoms with E-state index in [-0.39, 0.29) is 11.4 Å². The first-order valence-corrected chi connectivity index (χ1v) is 7.99. The summed E-state index contributed by atoms with van der Waals surface area (Å²) in [5.74, 6) is -0.799. The second-order valence-corrected chi connectivity index (χ2v) is 5.96. The molecule has 0 aliphatic carbocycles. The van der Waals surface area contributed by atoms with Crippen molar-refractivity contribution in [1.29, 1.82) is 5.26 Å². The molecule has 3 rings (SSSR count). The normalized spacial score (nSPS) is 10.7. The third kappa shape index (κ3) is 3.43. The van der Waals surface area contributed by atoms with E-state index in [1.807, 2.05) is 19.9 Å². The predicted molar refractivity (Wildman–Crippen MR) is 91.5 cm³/mol. The molecule has 0 aliphatic heterocycles. The standard InChI is InChI=1S/C20H17F2N3/c1-13-19(10-5-15-3-7-17(21)8-4-15)14(2)25(24-13)18-9-6-16(12-23)20(22)11-18/h3-4,6-9,11H,5,10H2,1-2H3. The summed E-state index contributed by atoms with van der Waals surface area (Å²) in [6.45, 7) is 3.86. The van der Waals surface area contributed by atoms with Crippen LogP contribution in [0.1, 0.15) is 28.1 Å². The smallest absolute Gasteiger partial charge is 0.143 e. The molecule has 5 heteroatoms. The lowest BCUT2D eigenvalue weighted by molar-refractivity contribution is 0.621. The fourth-order valence-electron chi connectivity index (χ4n) is 2.94. The number of nitrogens with zero attached hydrogens (tertiary/aromatic N) is 3. The first kappa shape index (κ1) is 16.8. The van der Waals surface area contributed by atoms with Gasteiger partial charge in [-0.1, -0.05) is 12.1 Å². The highest BCUT2D eigenvalue weighted by atomic mass is 19.1. The van der Waals surface area contributed by atoms with E-state index in [4.69, 9.17) is 5.26 Å². The van der Waals surface area contributed by atoms with Gasteiger partial charge in [-0.2, -0.15) is 10.4 Å². The molecule has 1 heterocycles. The molecule has 3 aromatic rings. The largest absolute Gasteiger partial charge is 0.237 e. The van der Waals surface area contributed by atoms with Crippen LogP contribution in [0.2, 0.25) is 0 Å². The SMILES string of the molecule is Cc1nn(-c2ccc(C#N)c(F)c2)c(C)c1CCc1ccc(F)cc1. The van der Waals surface area contributed by atoms with E-state index in [0.717, 1.165) is 35.4 Å². The Labute approximate surface area is 145 Å². The maximum atomic E-state index is 13.9. The van der Waals surface area contributed by atoms with Gasteiger partial charge in [-0.25, -0.2) is 13.5 Å². The molecule has 2 aromatic carbocycles. The number of nitriles is 1. The molecule has 0 amide bonds. The van der Waals surface area contributed by atoms with Gasteiger partial charge in [0, 0.05) is 11.8 Å². The summed E-state index contributed by atoms with van der Waals surface area (Å²) in [5, 5.41) is 13.4. The molecule has 126 valence electrons. The van der Waals surface area contributed by atoms with E-state index < -0.39 is 5.82 Å².